The first kappa shape index (κ1) is 20.0. The molecule has 150 valence electrons. The zero-order chi connectivity index (χ0) is 20.6. The third-order valence-corrected chi connectivity index (χ3v) is 7.65. The Morgan fingerprint density at radius 3 is 2.28 bits per heavy atom. The Balaban J connectivity index is 1.66. The lowest BCUT2D eigenvalue weighted by molar-refractivity contribution is 0.598. The van der Waals surface area contributed by atoms with Gasteiger partial charge in [0.25, 0.3) is 0 Å². The van der Waals surface area contributed by atoms with Crippen LogP contribution in [0.1, 0.15) is 32.0 Å². The van der Waals surface area contributed by atoms with Gasteiger partial charge in [0.1, 0.15) is 0 Å². The van der Waals surface area contributed by atoms with Gasteiger partial charge < -0.3 is 0 Å². The van der Waals surface area contributed by atoms with Gasteiger partial charge in [0.15, 0.2) is 0 Å². The van der Waals surface area contributed by atoms with Crippen molar-refractivity contribution >= 4 is 50.2 Å². The number of nitrogens with two attached hydrogens (primary N) is 1. The van der Waals surface area contributed by atoms with Crippen LogP contribution in [-0.2, 0) is 10.0 Å². The predicted molar refractivity (Wildman–Crippen MR) is 122 cm³/mol. The summed E-state index contributed by atoms with van der Waals surface area (Å²) in [7, 11) is -3.72. The monoisotopic (exact) mass is 443 g/mol. The number of nitrogens with zero attached hydrogens (tertiary/aromatic N) is 2. The largest absolute Gasteiger partial charge is 0.257 e. The van der Waals surface area contributed by atoms with Crippen molar-refractivity contribution in [1.29, 1.82) is 0 Å². The number of aryl methyl sites for hydroxylation is 2. The number of rotatable bonds is 5. The Morgan fingerprint density at radius 2 is 1.69 bits per heavy atom. The van der Waals surface area contributed by atoms with Gasteiger partial charge in [-0.3, -0.25) is 5.01 Å². The van der Waals surface area contributed by atoms with E-state index < -0.39 is 10.0 Å². The summed E-state index contributed by atoms with van der Waals surface area (Å²) in [6.45, 7) is 4.19. The third kappa shape index (κ3) is 4.51. The topological polar surface area (TPSA) is 75.8 Å². The smallest absolute Gasteiger partial charge is 0.238 e. The van der Waals surface area contributed by atoms with Gasteiger partial charge in [-0.05, 0) is 74.5 Å². The average molecular weight is 444 g/mol. The Kier molecular flexibility index (Phi) is 5.44. The molecule has 2 N–H and O–H groups in total. The second kappa shape index (κ2) is 7.87. The Morgan fingerprint density at radius 1 is 1.00 bits per heavy atom. The molecule has 3 aromatic rings. The van der Waals surface area contributed by atoms with Gasteiger partial charge in [-0.2, -0.15) is 5.10 Å². The molecular formula is C21H21N3O2S3. The molecule has 0 spiro atoms. The van der Waals surface area contributed by atoms with Crippen molar-refractivity contribution in [3.8, 4) is 0 Å². The maximum absolute atomic E-state index is 11.6. The van der Waals surface area contributed by atoms with Crippen LogP contribution < -0.4 is 10.1 Å². The minimum absolute atomic E-state index is 0.0822. The van der Waals surface area contributed by atoms with Crippen LogP contribution in [0.15, 0.2) is 64.6 Å². The molecular weight excluding hydrogens is 422 g/mol. The highest BCUT2D eigenvalue weighted by Gasteiger charge is 2.29. The summed E-state index contributed by atoms with van der Waals surface area (Å²) < 4.78 is 23.1. The summed E-state index contributed by atoms with van der Waals surface area (Å²) >= 11 is 3.51. The van der Waals surface area contributed by atoms with Crippen molar-refractivity contribution in [2.75, 3.05) is 5.01 Å². The quantitative estimate of drug-likeness (QED) is 0.596. The Labute approximate surface area is 178 Å². The average Bonchev–Trinajstić information content (AvgIpc) is 3.39. The second-order valence-corrected chi connectivity index (χ2v) is 11.1. The normalized spacial score (nSPS) is 17.3. The number of thiophene rings is 2. The van der Waals surface area contributed by atoms with Crippen molar-refractivity contribution in [3.05, 3.63) is 74.1 Å². The molecule has 0 amide bonds. The predicted octanol–water partition coefficient (Wildman–Crippen LogP) is 5.09. The number of primary sulfonamides is 1. The minimum Gasteiger partial charge on any atom is -0.257 e. The van der Waals surface area contributed by atoms with Crippen LogP contribution in [0.4, 0.5) is 5.69 Å². The molecule has 4 rings (SSSR count). The van der Waals surface area contributed by atoms with E-state index in [-0.39, 0.29) is 10.9 Å². The molecule has 0 fully saturated rings. The number of sulfonamides is 1. The van der Waals surface area contributed by atoms with E-state index in [0.717, 1.165) is 17.8 Å². The molecule has 1 aromatic carbocycles. The fraction of sp³-hybridized carbons (Fsp3) is 0.190. The first-order valence-corrected chi connectivity index (χ1v) is 12.3. The van der Waals surface area contributed by atoms with Crippen LogP contribution in [0.2, 0.25) is 0 Å². The van der Waals surface area contributed by atoms with Gasteiger partial charge in [0, 0.05) is 25.9 Å². The first-order chi connectivity index (χ1) is 13.8. The van der Waals surface area contributed by atoms with E-state index in [1.54, 1.807) is 34.8 Å². The first-order valence-electron chi connectivity index (χ1n) is 9.10. The second-order valence-electron chi connectivity index (χ2n) is 6.92. The molecule has 0 aliphatic carbocycles. The zero-order valence-corrected chi connectivity index (χ0v) is 18.5. The van der Waals surface area contributed by atoms with Gasteiger partial charge >= 0.3 is 0 Å². The molecule has 1 atom stereocenters. The van der Waals surface area contributed by atoms with Crippen molar-refractivity contribution in [2.24, 2.45) is 10.2 Å². The lowest BCUT2D eigenvalue weighted by Gasteiger charge is -2.22. The molecule has 29 heavy (non-hydrogen) atoms. The molecule has 3 heterocycles. The lowest BCUT2D eigenvalue weighted by atomic mass is 10.1. The molecule has 2 aromatic heterocycles. The zero-order valence-electron chi connectivity index (χ0n) is 16.1. The van der Waals surface area contributed by atoms with Crippen molar-refractivity contribution < 1.29 is 8.42 Å². The van der Waals surface area contributed by atoms with E-state index in [4.69, 9.17) is 10.2 Å². The van der Waals surface area contributed by atoms with Gasteiger partial charge in [-0.25, -0.2) is 13.6 Å². The van der Waals surface area contributed by atoms with Gasteiger partial charge in [-0.1, -0.05) is 0 Å². The Bertz CT molecular complexity index is 1190. The van der Waals surface area contributed by atoms with Crippen LogP contribution in [0.3, 0.4) is 0 Å². The molecule has 1 aliphatic rings. The van der Waals surface area contributed by atoms with E-state index in [1.165, 1.54) is 31.6 Å². The molecule has 1 aliphatic heterocycles. The highest BCUT2D eigenvalue weighted by Crippen LogP contribution is 2.38. The van der Waals surface area contributed by atoms with Crippen LogP contribution in [-0.4, -0.2) is 14.1 Å². The highest BCUT2D eigenvalue weighted by atomic mass is 32.2. The van der Waals surface area contributed by atoms with Crippen LogP contribution >= 0.6 is 22.7 Å². The van der Waals surface area contributed by atoms with Crippen LogP contribution in [0.25, 0.3) is 6.08 Å². The molecule has 0 bridgehead atoms. The maximum Gasteiger partial charge on any atom is 0.238 e. The van der Waals surface area contributed by atoms with E-state index in [1.807, 2.05) is 5.01 Å². The van der Waals surface area contributed by atoms with Crippen LogP contribution in [0.5, 0.6) is 0 Å². The standard InChI is InChI=1S/C21H21N3O2S3/c1-14-3-8-18(27-14)9-5-16-13-20(21-12-4-15(2)28-21)24(23-16)17-6-10-19(11-7-17)29(22,25)26/h3-12,20H,13H2,1-2H3,(H2,22,25,26)/b9-5+. The number of benzene rings is 1. The lowest BCUT2D eigenvalue weighted by Crippen LogP contribution is -2.18. The van der Waals surface area contributed by atoms with Crippen molar-refractivity contribution in [3.63, 3.8) is 0 Å². The summed E-state index contributed by atoms with van der Waals surface area (Å²) in [4.78, 5) is 5.06. The summed E-state index contributed by atoms with van der Waals surface area (Å²) in [5, 5.41) is 12.0. The molecule has 0 saturated carbocycles. The van der Waals surface area contributed by atoms with E-state index in [2.05, 4.69) is 50.3 Å². The minimum atomic E-state index is -3.72. The third-order valence-electron chi connectivity index (χ3n) is 4.65. The van der Waals surface area contributed by atoms with Gasteiger partial charge in [0.2, 0.25) is 10.0 Å². The van der Waals surface area contributed by atoms with E-state index in [9.17, 15) is 8.42 Å². The van der Waals surface area contributed by atoms with Gasteiger partial charge in [-0.15, -0.1) is 22.7 Å². The summed E-state index contributed by atoms with van der Waals surface area (Å²) in [5.41, 5.74) is 1.83. The Hall–Kier alpha value is -2.26. The number of anilines is 1. The number of hydrazone groups is 1. The van der Waals surface area contributed by atoms with E-state index in [0.29, 0.717) is 0 Å². The number of hydrogen-bond donors (Lipinski definition) is 1. The SMILES string of the molecule is Cc1ccc(/C=C/C2=NN(c3ccc(S(N)(=O)=O)cc3)C(c3ccc(C)s3)C2)s1. The molecule has 5 nitrogen and oxygen atoms in total. The summed E-state index contributed by atoms with van der Waals surface area (Å²) in [6.07, 6.45) is 4.95. The molecule has 1 unspecified atom stereocenters. The fourth-order valence-electron chi connectivity index (χ4n) is 3.24. The summed E-state index contributed by atoms with van der Waals surface area (Å²) in [5.74, 6) is 0. The van der Waals surface area contributed by atoms with E-state index >= 15 is 0 Å². The van der Waals surface area contributed by atoms with Crippen molar-refractivity contribution in [1.82, 2.24) is 0 Å². The molecule has 0 radical (unpaired) electrons. The number of allylic oxidation sites excluding steroid dienone is 1. The molecule has 8 heteroatoms. The number of hydrogen-bond acceptors (Lipinski definition) is 6. The van der Waals surface area contributed by atoms with Gasteiger partial charge in [0.05, 0.1) is 22.3 Å². The summed E-state index contributed by atoms with van der Waals surface area (Å²) in [6, 6.07) is 15.1. The maximum atomic E-state index is 11.6. The van der Waals surface area contributed by atoms with Crippen molar-refractivity contribution in [2.45, 2.75) is 31.2 Å². The highest BCUT2D eigenvalue weighted by molar-refractivity contribution is 7.89. The molecule has 0 saturated heterocycles. The van der Waals surface area contributed by atoms with Crippen LogP contribution in [0, 0.1) is 13.8 Å². The fourth-order valence-corrected chi connectivity index (χ4v) is 5.49.